The van der Waals surface area contributed by atoms with Crippen molar-refractivity contribution >= 4 is 35.5 Å². The molecule has 4 rings (SSSR count). The van der Waals surface area contributed by atoms with Gasteiger partial charge in [0.05, 0.1) is 12.0 Å². The van der Waals surface area contributed by atoms with Crippen molar-refractivity contribution in [3.63, 3.8) is 0 Å². The van der Waals surface area contributed by atoms with Crippen LogP contribution in [0.2, 0.25) is 0 Å². The molecule has 0 atom stereocenters. The lowest BCUT2D eigenvalue weighted by molar-refractivity contribution is -0.113. The van der Waals surface area contributed by atoms with Gasteiger partial charge in [-0.2, -0.15) is 5.10 Å². The van der Waals surface area contributed by atoms with Crippen molar-refractivity contribution in [1.82, 2.24) is 14.9 Å². The summed E-state index contributed by atoms with van der Waals surface area (Å²) >= 11 is 1.10. The van der Waals surface area contributed by atoms with Crippen LogP contribution in [-0.4, -0.2) is 46.0 Å². The summed E-state index contributed by atoms with van der Waals surface area (Å²) in [6, 6.07) is 11.4. The molecule has 0 spiro atoms. The van der Waals surface area contributed by atoms with Gasteiger partial charge in [-0.15, -0.1) is 10.2 Å². The highest BCUT2D eigenvalue weighted by molar-refractivity contribution is 7.99. The number of benzene rings is 2. The monoisotopic (exact) mass is 443 g/mol. The third-order valence-corrected chi connectivity index (χ3v) is 5.04. The molecular formula is C19H18FN7O3S. The molecule has 2 aromatic carbocycles. The van der Waals surface area contributed by atoms with Crippen LogP contribution in [-0.2, 0) is 4.79 Å². The molecule has 1 aliphatic heterocycles. The van der Waals surface area contributed by atoms with Crippen LogP contribution in [0.3, 0.4) is 0 Å². The zero-order chi connectivity index (χ0) is 21.6. The summed E-state index contributed by atoms with van der Waals surface area (Å²) in [6.45, 7) is 0.966. The van der Waals surface area contributed by atoms with Crippen molar-refractivity contribution in [2.24, 2.45) is 5.10 Å². The molecule has 0 bridgehead atoms. The predicted molar refractivity (Wildman–Crippen MR) is 115 cm³/mol. The lowest BCUT2D eigenvalue weighted by Gasteiger charge is -2.18. The van der Waals surface area contributed by atoms with Gasteiger partial charge in [-0.25, -0.2) is 14.5 Å². The Bertz CT molecular complexity index is 1120. The van der Waals surface area contributed by atoms with Crippen LogP contribution in [0.4, 0.5) is 16.0 Å². The number of rotatable bonds is 7. The molecule has 160 valence electrons. The van der Waals surface area contributed by atoms with Crippen LogP contribution in [0.25, 0.3) is 0 Å². The Kier molecular flexibility index (Phi) is 6.17. The van der Waals surface area contributed by atoms with E-state index in [0.29, 0.717) is 41.1 Å². The van der Waals surface area contributed by atoms with Crippen LogP contribution >= 0.6 is 11.8 Å². The van der Waals surface area contributed by atoms with Crippen LogP contribution in [0.5, 0.6) is 11.5 Å². The Morgan fingerprint density at radius 3 is 2.87 bits per heavy atom. The highest BCUT2D eigenvalue weighted by Crippen LogP contribution is 2.32. The Morgan fingerprint density at radius 2 is 2.03 bits per heavy atom. The van der Waals surface area contributed by atoms with Gasteiger partial charge >= 0.3 is 0 Å². The summed E-state index contributed by atoms with van der Waals surface area (Å²) < 4.78 is 25.7. The van der Waals surface area contributed by atoms with Crippen molar-refractivity contribution in [2.45, 2.75) is 5.16 Å². The maximum absolute atomic E-state index is 13.6. The first-order chi connectivity index (χ1) is 15.1. The molecule has 31 heavy (non-hydrogen) atoms. The SMILES string of the molecule is Nn1c(N/N=C/c2ccccc2F)nnc1SCC(=O)Nc1ccc2c(c1)OCCO2. The Labute approximate surface area is 180 Å². The van der Waals surface area contributed by atoms with E-state index in [1.54, 1.807) is 36.4 Å². The second-order valence-corrected chi connectivity index (χ2v) is 7.21. The number of fused-ring (bicyclic) bond motifs is 1. The molecule has 1 aliphatic rings. The molecule has 3 aromatic rings. The van der Waals surface area contributed by atoms with E-state index < -0.39 is 5.82 Å². The van der Waals surface area contributed by atoms with Crippen LogP contribution < -0.4 is 26.1 Å². The number of hydrazone groups is 1. The maximum atomic E-state index is 13.6. The van der Waals surface area contributed by atoms with Gasteiger partial charge in [0, 0.05) is 17.3 Å². The molecule has 0 saturated heterocycles. The molecule has 0 unspecified atom stereocenters. The van der Waals surface area contributed by atoms with E-state index in [9.17, 15) is 9.18 Å². The number of hydrogen-bond donors (Lipinski definition) is 3. The van der Waals surface area contributed by atoms with Crippen molar-refractivity contribution < 1.29 is 18.7 Å². The lowest BCUT2D eigenvalue weighted by Crippen LogP contribution is -2.18. The van der Waals surface area contributed by atoms with Crippen molar-refractivity contribution in [1.29, 1.82) is 0 Å². The van der Waals surface area contributed by atoms with Gasteiger partial charge in [0.15, 0.2) is 11.5 Å². The zero-order valence-electron chi connectivity index (χ0n) is 16.1. The number of anilines is 2. The molecule has 0 radical (unpaired) electrons. The van der Waals surface area contributed by atoms with Gasteiger partial charge in [-0.1, -0.05) is 30.0 Å². The number of nitrogens with zero attached hydrogens (tertiary/aromatic N) is 4. The van der Waals surface area contributed by atoms with E-state index in [1.165, 1.54) is 12.3 Å². The maximum Gasteiger partial charge on any atom is 0.264 e. The first-order valence-electron chi connectivity index (χ1n) is 9.16. The van der Waals surface area contributed by atoms with Crippen LogP contribution in [0.15, 0.2) is 52.7 Å². The largest absolute Gasteiger partial charge is 0.486 e. The average molecular weight is 443 g/mol. The Morgan fingerprint density at radius 1 is 1.23 bits per heavy atom. The fourth-order valence-electron chi connectivity index (χ4n) is 2.64. The summed E-state index contributed by atoms with van der Waals surface area (Å²) in [5.74, 6) is 6.71. The van der Waals surface area contributed by atoms with E-state index in [2.05, 4.69) is 26.0 Å². The summed E-state index contributed by atoms with van der Waals surface area (Å²) in [5, 5.41) is 14.8. The van der Waals surface area contributed by atoms with Gasteiger partial charge in [-0.3, -0.25) is 4.79 Å². The van der Waals surface area contributed by atoms with Gasteiger partial charge in [0.2, 0.25) is 11.1 Å². The molecule has 0 aliphatic carbocycles. The molecule has 0 fully saturated rings. The van der Waals surface area contributed by atoms with Gasteiger partial charge in [-0.05, 0) is 18.2 Å². The highest BCUT2D eigenvalue weighted by atomic mass is 32.2. The number of ether oxygens (including phenoxy) is 2. The molecule has 0 saturated carbocycles. The van der Waals surface area contributed by atoms with E-state index >= 15 is 0 Å². The fraction of sp³-hybridized carbons (Fsp3) is 0.158. The zero-order valence-corrected chi connectivity index (χ0v) is 16.9. The van der Waals surface area contributed by atoms with Crippen molar-refractivity contribution in [3.05, 3.63) is 53.8 Å². The highest BCUT2D eigenvalue weighted by Gasteiger charge is 2.15. The van der Waals surface area contributed by atoms with E-state index in [0.717, 1.165) is 16.4 Å². The Hall–Kier alpha value is -3.80. The minimum atomic E-state index is -0.400. The number of nitrogens with two attached hydrogens (primary N) is 1. The lowest BCUT2D eigenvalue weighted by atomic mass is 10.2. The third-order valence-electron chi connectivity index (χ3n) is 4.10. The number of nitrogen functional groups attached to an aromatic ring is 1. The minimum absolute atomic E-state index is 0.0578. The second-order valence-electron chi connectivity index (χ2n) is 6.26. The molecule has 4 N–H and O–H groups in total. The first kappa shape index (κ1) is 20.5. The minimum Gasteiger partial charge on any atom is -0.486 e. The van der Waals surface area contributed by atoms with E-state index in [4.69, 9.17) is 15.3 Å². The molecule has 10 nitrogen and oxygen atoms in total. The number of carbonyl (C=O) groups excluding carboxylic acids is 1. The third kappa shape index (κ3) is 5.04. The average Bonchev–Trinajstić information content (AvgIpc) is 3.13. The molecule has 1 aromatic heterocycles. The summed E-state index contributed by atoms with van der Waals surface area (Å²) in [7, 11) is 0. The topological polar surface area (TPSA) is 129 Å². The van der Waals surface area contributed by atoms with Crippen LogP contribution in [0, 0.1) is 5.82 Å². The molecule has 12 heteroatoms. The normalized spacial score (nSPS) is 12.7. The first-order valence-corrected chi connectivity index (χ1v) is 10.1. The van der Waals surface area contributed by atoms with Gasteiger partial charge in [0.25, 0.3) is 5.95 Å². The molecule has 2 heterocycles. The Balaban J connectivity index is 1.30. The standard InChI is InChI=1S/C19H18FN7O3S/c20-14-4-2-1-3-12(14)10-22-24-18-25-26-19(27(18)21)31-11-17(28)23-13-5-6-15-16(9-13)30-8-7-29-15/h1-6,9-10H,7-8,11,21H2,(H,23,28)(H,24,25)/b22-10+. The van der Waals surface area contributed by atoms with E-state index in [1.807, 2.05) is 0 Å². The smallest absolute Gasteiger partial charge is 0.264 e. The summed E-state index contributed by atoms with van der Waals surface area (Å²) in [4.78, 5) is 12.3. The molecular weight excluding hydrogens is 425 g/mol. The number of amides is 1. The predicted octanol–water partition coefficient (Wildman–Crippen LogP) is 2.08. The van der Waals surface area contributed by atoms with Crippen molar-refractivity contribution in [2.75, 3.05) is 35.6 Å². The van der Waals surface area contributed by atoms with Gasteiger partial charge < -0.3 is 20.6 Å². The number of aromatic nitrogens is 3. The summed E-state index contributed by atoms with van der Waals surface area (Å²) in [5.41, 5.74) is 3.49. The number of hydrogen-bond acceptors (Lipinski definition) is 9. The fourth-order valence-corrected chi connectivity index (χ4v) is 3.30. The molecule has 1 amide bonds. The number of nitrogens with one attached hydrogen (secondary N) is 2. The number of thioether (sulfide) groups is 1. The summed E-state index contributed by atoms with van der Waals surface area (Å²) in [6.07, 6.45) is 1.30. The second kappa shape index (κ2) is 9.34. The van der Waals surface area contributed by atoms with E-state index in [-0.39, 0.29) is 17.6 Å². The number of carbonyl (C=O) groups is 1. The number of halogens is 1. The van der Waals surface area contributed by atoms with Crippen molar-refractivity contribution in [3.8, 4) is 11.5 Å². The van der Waals surface area contributed by atoms with Crippen LogP contribution in [0.1, 0.15) is 5.56 Å². The van der Waals surface area contributed by atoms with Gasteiger partial charge in [0.1, 0.15) is 19.0 Å². The quantitative estimate of drug-likeness (QED) is 0.219.